The third kappa shape index (κ3) is 5.61. The number of hydrogen-bond donors (Lipinski definition) is 2. The van der Waals surface area contributed by atoms with Crippen LogP contribution < -0.4 is 15.4 Å². The molecule has 0 radical (unpaired) electrons. The Bertz CT molecular complexity index is 663. The fraction of sp³-hybridized carbons (Fsp3) is 0.632. The van der Waals surface area contributed by atoms with E-state index < -0.39 is 23.3 Å². The molecule has 1 fully saturated rings. The van der Waals surface area contributed by atoms with Crippen LogP contribution in [0.3, 0.4) is 0 Å². The molecule has 0 spiro atoms. The number of pyridine rings is 1. The molecule has 0 aromatic carbocycles. The minimum atomic E-state index is -0.689. The number of aromatic nitrogens is 1. The molecule has 7 nitrogen and oxygen atoms in total. The normalized spacial score (nSPS) is 16.7. The van der Waals surface area contributed by atoms with E-state index >= 15 is 0 Å². The zero-order chi connectivity index (χ0) is 19.5. The van der Waals surface area contributed by atoms with Gasteiger partial charge in [0, 0.05) is 11.6 Å². The highest BCUT2D eigenvalue weighted by atomic mass is 16.6. The molecule has 0 saturated heterocycles. The largest absolute Gasteiger partial charge is 0.619 e. The number of nitrogens with zero attached hydrogens (tertiary/aromatic N) is 1. The van der Waals surface area contributed by atoms with Crippen molar-refractivity contribution in [2.24, 2.45) is 5.92 Å². The lowest BCUT2D eigenvalue weighted by Crippen LogP contribution is -2.51. The van der Waals surface area contributed by atoms with Crippen LogP contribution in [0, 0.1) is 11.1 Å². The van der Waals surface area contributed by atoms with Gasteiger partial charge in [-0.05, 0) is 52.0 Å². The maximum absolute atomic E-state index is 12.8. The number of nitrogens with one attached hydrogen (secondary N) is 2. The van der Waals surface area contributed by atoms with Crippen molar-refractivity contribution in [2.45, 2.75) is 71.1 Å². The van der Waals surface area contributed by atoms with Crippen molar-refractivity contribution in [3.8, 4) is 0 Å². The minimum Gasteiger partial charge on any atom is -0.619 e. The molecule has 1 aromatic heterocycles. The highest BCUT2D eigenvalue weighted by Gasteiger charge is 2.48. The standard InChI is InChI=1S/C19H29N3O4/c1-13(2)11-15(20-17(24)26-18(3,4)5)16(23)21-19(8-9-19)14-7-6-10-22(25)12-14/h6-7,10,12-13,15H,8-9,11H2,1-5H3,(H,20,24)(H,21,23)/t15-/m1/s1. The summed E-state index contributed by atoms with van der Waals surface area (Å²) in [7, 11) is 0. The van der Waals surface area contributed by atoms with E-state index in [1.165, 1.54) is 12.4 Å². The molecule has 0 bridgehead atoms. The van der Waals surface area contributed by atoms with Crippen LogP contribution >= 0.6 is 0 Å². The summed E-state index contributed by atoms with van der Waals surface area (Å²) in [6, 6.07) is 2.81. The minimum absolute atomic E-state index is 0.219. The molecule has 7 heteroatoms. The maximum atomic E-state index is 12.8. The number of carbonyl (C=O) groups is 2. The van der Waals surface area contributed by atoms with Crippen LogP contribution in [0.5, 0.6) is 0 Å². The van der Waals surface area contributed by atoms with Gasteiger partial charge in [0.15, 0.2) is 12.4 Å². The fourth-order valence-corrected chi connectivity index (χ4v) is 2.82. The molecule has 2 N–H and O–H groups in total. The van der Waals surface area contributed by atoms with Gasteiger partial charge in [0.2, 0.25) is 5.91 Å². The van der Waals surface area contributed by atoms with Gasteiger partial charge >= 0.3 is 6.09 Å². The molecule has 0 unspecified atom stereocenters. The zero-order valence-corrected chi connectivity index (χ0v) is 16.2. The van der Waals surface area contributed by atoms with E-state index in [2.05, 4.69) is 10.6 Å². The maximum Gasteiger partial charge on any atom is 0.408 e. The van der Waals surface area contributed by atoms with Crippen LogP contribution in [0.1, 0.15) is 59.4 Å². The molecule has 2 rings (SSSR count). The van der Waals surface area contributed by atoms with E-state index in [9.17, 15) is 14.8 Å². The van der Waals surface area contributed by atoms with Crippen LogP contribution in [0.25, 0.3) is 0 Å². The molecule has 1 atom stereocenters. The summed E-state index contributed by atoms with van der Waals surface area (Å²) in [5.74, 6) is -0.0419. The molecular weight excluding hydrogens is 334 g/mol. The molecule has 1 aliphatic carbocycles. The number of alkyl carbamates (subject to hydrolysis) is 1. The molecule has 26 heavy (non-hydrogen) atoms. The molecule has 144 valence electrons. The van der Waals surface area contributed by atoms with E-state index in [-0.39, 0.29) is 11.8 Å². The first kappa shape index (κ1) is 20.0. The van der Waals surface area contributed by atoms with Gasteiger partial charge in [-0.2, -0.15) is 4.73 Å². The van der Waals surface area contributed by atoms with Gasteiger partial charge in [-0.25, -0.2) is 4.79 Å². The summed E-state index contributed by atoms with van der Waals surface area (Å²) in [4.78, 5) is 24.9. The number of carbonyl (C=O) groups excluding carboxylic acids is 2. The highest BCUT2D eigenvalue weighted by molar-refractivity contribution is 5.86. The second kappa shape index (κ2) is 7.51. The van der Waals surface area contributed by atoms with Gasteiger partial charge in [-0.15, -0.1) is 0 Å². The van der Waals surface area contributed by atoms with E-state index in [1.54, 1.807) is 26.8 Å². The lowest BCUT2D eigenvalue weighted by atomic mass is 10.0. The van der Waals surface area contributed by atoms with Crippen molar-refractivity contribution in [3.05, 3.63) is 35.3 Å². The van der Waals surface area contributed by atoms with Crippen molar-refractivity contribution in [2.75, 3.05) is 0 Å². The van der Waals surface area contributed by atoms with Crippen LogP contribution in [0.2, 0.25) is 0 Å². The van der Waals surface area contributed by atoms with Crippen molar-refractivity contribution < 1.29 is 19.1 Å². The van der Waals surface area contributed by atoms with E-state index in [0.717, 1.165) is 23.1 Å². The topological polar surface area (TPSA) is 94.4 Å². The molecule has 1 saturated carbocycles. The molecule has 1 heterocycles. The number of hydrogen-bond acceptors (Lipinski definition) is 4. The first-order valence-corrected chi connectivity index (χ1v) is 9.02. The quantitative estimate of drug-likeness (QED) is 0.599. The highest BCUT2D eigenvalue weighted by Crippen LogP contribution is 2.45. The van der Waals surface area contributed by atoms with E-state index in [0.29, 0.717) is 6.42 Å². The summed E-state index contributed by atoms with van der Waals surface area (Å²) in [6.45, 7) is 9.30. The Morgan fingerprint density at radius 1 is 1.35 bits per heavy atom. The van der Waals surface area contributed by atoms with Gasteiger partial charge < -0.3 is 20.6 Å². The summed E-state index contributed by atoms with van der Waals surface area (Å²) in [6.07, 6.45) is 4.31. The lowest BCUT2D eigenvalue weighted by molar-refractivity contribution is -0.606. The molecule has 1 aliphatic rings. The van der Waals surface area contributed by atoms with Crippen molar-refractivity contribution >= 4 is 12.0 Å². The van der Waals surface area contributed by atoms with Gasteiger partial charge in [0.1, 0.15) is 11.6 Å². The third-order valence-electron chi connectivity index (χ3n) is 4.15. The predicted octanol–water partition coefficient (Wildman–Crippen LogP) is 2.36. The van der Waals surface area contributed by atoms with E-state index in [1.807, 2.05) is 19.9 Å². The summed E-state index contributed by atoms with van der Waals surface area (Å²) < 4.78 is 6.00. The Balaban J connectivity index is 2.08. The Labute approximate surface area is 154 Å². The molecular formula is C19H29N3O4. The van der Waals surface area contributed by atoms with Gasteiger partial charge in [-0.3, -0.25) is 4.79 Å². The van der Waals surface area contributed by atoms with Crippen LogP contribution in [-0.4, -0.2) is 23.6 Å². The Hall–Kier alpha value is -2.31. The predicted molar refractivity (Wildman–Crippen MR) is 97.1 cm³/mol. The SMILES string of the molecule is CC(C)C[C@@H](NC(=O)OC(C)(C)C)C(=O)NC1(c2ccc[n+]([O-])c2)CC1. The molecule has 2 amide bonds. The molecule has 1 aromatic rings. The van der Waals surface area contributed by atoms with E-state index in [4.69, 9.17) is 4.74 Å². The van der Waals surface area contributed by atoms with Crippen LogP contribution in [-0.2, 0) is 15.1 Å². The average molecular weight is 363 g/mol. The van der Waals surface area contributed by atoms with Crippen LogP contribution in [0.15, 0.2) is 24.5 Å². The summed E-state index contributed by atoms with van der Waals surface area (Å²) in [5, 5.41) is 17.2. The number of ether oxygens (including phenoxy) is 1. The first-order valence-electron chi connectivity index (χ1n) is 9.02. The third-order valence-corrected chi connectivity index (χ3v) is 4.15. The smallest absolute Gasteiger partial charge is 0.408 e. The van der Waals surface area contributed by atoms with Crippen LogP contribution in [0.4, 0.5) is 4.79 Å². The first-order chi connectivity index (χ1) is 12.0. The number of amides is 2. The summed E-state index contributed by atoms with van der Waals surface area (Å²) in [5.41, 5.74) is -0.370. The second-order valence-corrected chi connectivity index (χ2v) is 8.35. The van der Waals surface area contributed by atoms with Crippen molar-refractivity contribution in [3.63, 3.8) is 0 Å². The Morgan fingerprint density at radius 2 is 2.00 bits per heavy atom. The molecule has 0 aliphatic heterocycles. The van der Waals surface area contributed by atoms with Crippen molar-refractivity contribution in [1.82, 2.24) is 10.6 Å². The Morgan fingerprint density at radius 3 is 2.50 bits per heavy atom. The lowest BCUT2D eigenvalue weighted by Gasteiger charge is -2.26. The monoisotopic (exact) mass is 363 g/mol. The average Bonchev–Trinajstić information content (AvgIpc) is 3.25. The second-order valence-electron chi connectivity index (χ2n) is 8.35. The zero-order valence-electron chi connectivity index (χ0n) is 16.2. The number of rotatable bonds is 6. The fourth-order valence-electron chi connectivity index (χ4n) is 2.82. The Kier molecular flexibility index (Phi) is 5.78. The van der Waals surface area contributed by atoms with Gasteiger partial charge in [0.25, 0.3) is 0 Å². The summed E-state index contributed by atoms with van der Waals surface area (Å²) >= 11 is 0. The van der Waals surface area contributed by atoms with Gasteiger partial charge in [-0.1, -0.05) is 13.8 Å². The van der Waals surface area contributed by atoms with Gasteiger partial charge in [0.05, 0.1) is 5.54 Å². The van der Waals surface area contributed by atoms with Crippen molar-refractivity contribution in [1.29, 1.82) is 0 Å².